The van der Waals surface area contributed by atoms with Gasteiger partial charge >= 0.3 is 0 Å². The number of nitro benzene ring substituents is 1. The number of halogens is 2. The second-order valence-electron chi connectivity index (χ2n) is 4.07. The van der Waals surface area contributed by atoms with Crippen molar-refractivity contribution in [2.75, 3.05) is 7.11 Å². The van der Waals surface area contributed by atoms with E-state index in [0.29, 0.717) is 20.3 Å². The predicted molar refractivity (Wildman–Crippen MR) is 82.6 cm³/mol. The van der Waals surface area contributed by atoms with Gasteiger partial charge in [0, 0.05) is 6.07 Å². The Kier molecular flexibility index (Phi) is 4.73. The van der Waals surface area contributed by atoms with Crippen LogP contribution in [0, 0.1) is 10.1 Å². The normalized spacial score (nSPS) is 10.4. The molecule has 0 aliphatic heterocycles. The van der Waals surface area contributed by atoms with Crippen LogP contribution in [0.15, 0.2) is 38.1 Å². The zero-order valence-electron chi connectivity index (χ0n) is 10.7. The van der Waals surface area contributed by atoms with Gasteiger partial charge in [-0.1, -0.05) is 0 Å². The molecule has 0 atom stereocenters. The molecular weight excluding hydrogens is 410 g/mol. The fourth-order valence-corrected chi connectivity index (χ4v) is 2.26. The number of nitrogens with zero attached hydrogens (tertiary/aromatic N) is 3. The molecule has 0 amide bonds. The molecule has 0 spiro atoms. The molecule has 1 aromatic heterocycles. The van der Waals surface area contributed by atoms with E-state index in [1.54, 1.807) is 6.07 Å². The van der Waals surface area contributed by atoms with Crippen molar-refractivity contribution in [1.29, 1.82) is 0 Å². The Labute approximate surface area is 135 Å². The molecule has 7 nitrogen and oxygen atoms in total. The molecule has 1 aromatic carbocycles. The van der Waals surface area contributed by atoms with E-state index in [4.69, 9.17) is 4.74 Å². The van der Waals surface area contributed by atoms with Gasteiger partial charge in [-0.25, -0.2) is 4.68 Å². The SMILES string of the molecule is COc1cc(Cn2ncc(Br)c(Br)c2=O)cc([N+](=O)[O-])c1. The first-order chi connectivity index (χ1) is 9.92. The van der Waals surface area contributed by atoms with Gasteiger partial charge in [0.05, 0.1) is 35.3 Å². The third kappa shape index (κ3) is 3.48. The van der Waals surface area contributed by atoms with Crippen molar-refractivity contribution in [3.63, 3.8) is 0 Å². The summed E-state index contributed by atoms with van der Waals surface area (Å²) in [5.74, 6) is 0.350. The quantitative estimate of drug-likeness (QED) is 0.562. The number of rotatable bonds is 4. The fraction of sp³-hybridized carbons (Fsp3) is 0.167. The third-order valence-electron chi connectivity index (χ3n) is 2.67. The lowest BCUT2D eigenvalue weighted by molar-refractivity contribution is -0.385. The first kappa shape index (κ1) is 15.6. The lowest BCUT2D eigenvalue weighted by Crippen LogP contribution is -2.24. The van der Waals surface area contributed by atoms with E-state index >= 15 is 0 Å². The molecule has 0 unspecified atom stereocenters. The Morgan fingerprint density at radius 3 is 2.71 bits per heavy atom. The summed E-state index contributed by atoms with van der Waals surface area (Å²) in [5, 5.41) is 14.9. The summed E-state index contributed by atoms with van der Waals surface area (Å²) in [4.78, 5) is 22.4. The number of aromatic nitrogens is 2. The summed E-state index contributed by atoms with van der Waals surface area (Å²) >= 11 is 6.34. The molecule has 0 aliphatic rings. The second kappa shape index (κ2) is 6.35. The summed E-state index contributed by atoms with van der Waals surface area (Å²) in [7, 11) is 1.42. The van der Waals surface area contributed by atoms with Crippen molar-refractivity contribution in [3.8, 4) is 5.75 Å². The van der Waals surface area contributed by atoms with Gasteiger partial charge in [0.1, 0.15) is 10.2 Å². The Hall–Kier alpha value is -1.74. The molecule has 0 saturated carbocycles. The van der Waals surface area contributed by atoms with Crippen LogP contribution >= 0.6 is 31.9 Å². The van der Waals surface area contributed by atoms with Gasteiger partial charge in [0.15, 0.2) is 0 Å². The molecule has 0 aliphatic carbocycles. The van der Waals surface area contributed by atoms with Crippen LogP contribution in [0.1, 0.15) is 5.56 Å². The molecule has 110 valence electrons. The van der Waals surface area contributed by atoms with Gasteiger partial charge in [0.25, 0.3) is 11.2 Å². The fourth-order valence-electron chi connectivity index (χ4n) is 1.69. The highest BCUT2D eigenvalue weighted by Crippen LogP contribution is 2.23. The van der Waals surface area contributed by atoms with Crippen molar-refractivity contribution in [2.24, 2.45) is 0 Å². The maximum absolute atomic E-state index is 12.0. The Morgan fingerprint density at radius 1 is 1.38 bits per heavy atom. The highest BCUT2D eigenvalue weighted by Gasteiger charge is 2.12. The molecule has 0 saturated heterocycles. The number of hydrogen-bond acceptors (Lipinski definition) is 5. The van der Waals surface area contributed by atoms with Crippen LogP contribution in [0.5, 0.6) is 5.75 Å². The summed E-state index contributed by atoms with van der Waals surface area (Å²) in [5.41, 5.74) is 0.105. The monoisotopic (exact) mass is 417 g/mol. The third-order valence-corrected chi connectivity index (χ3v) is 4.57. The van der Waals surface area contributed by atoms with Crippen LogP contribution in [0.4, 0.5) is 5.69 Å². The van der Waals surface area contributed by atoms with Crippen LogP contribution in [0.3, 0.4) is 0 Å². The average molecular weight is 419 g/mol. The minimum absolute atomic E-state index is 0.1000. The molecule has 0 bridgehead atoms. The van der Waals surface area contributed by atoms with Crippen molar-refractivity contribution in [1.82, 2.24) is 9.78 Å². The molecule has 0 radical (unpaired) electrons. The molecule has 2 rings (SSSR count). The van der Waals surface area contributed by atoms with Gasteiger partial charge < -0.3 is 4.74 Å². The molecular formula is C12H9Br2N3O4. The van der Waals surface area contributed by atoms with E-state index in [9.17, 15) is 14.9 Å². The van der Waals surface area contributed by atoms with E-state index in [1.165, 1.54) is 30.1 Å². The topological polar surface area (TPSA) is 87.3 Å². The van der Waals surface area contributed by atoms with E-state index in [-0.39, 0.29) is 17.8 Å². The number of methoxy groups -OCH3 is 1. The highest BCUT2D eigenvalue weighted by atomic mass is 79.9. The highest BCUT2D eigenvalue weighted by molar-refractivity contribution is 9.13. The van der Waals surface area contributed by atoms with E-state index < -0.39 is 4.92 Å². The van der Waals surface area contributed by atoms with E-state index in [0.717, 1.165) is 0 Å². The number of non-ortho nitro benzene ring substituents is 1. The number of ether oxygens (including phenoxy) is 1. The summed E-state index contributed by atoms with van der Waals surface area (Å²) in [6.07, 6.45) is 1.47. The van der Waals surface area contributed by atoms with E-state index in [2.05, 4.69) is 37.0 Å². The van der Waals surface area contributed by atoms with Crippen LogP contribution in [0.25, 0.3) is 0 Å². The Morgan fingerprint density at radius 2 is 2.10 bits per heavy atom. The molecule has 1 heterocycles. The lowest BCUT2D eigenvalue weighted by Gasteiger charge is -2.07. The molecule has 0 N–H and O–H groups in total. The molecule has 2 aromatic rings. The van der Waals surface area contributed by atoms with Crippen molar-refractivity contribution < 1.29 is 9.66 Å². The van der Waals surface area contributed by atoms with Crippen molar-refractivity contribution >= 4 is 37.5 Å². The smallest absolute Gasteiger partial charge is 0.282 e. The standard InChI is InChI=1S/C12H9Br2N3O4/c1-21-9-3-7(2-8(4-9)17(19)20)6-16-12(18)11(14)10(13)5-15-16/h2-5H,6H2,1H3. The maximum atomic E-state index is 12.0. The predicted octanol–water partition coefficient (Wildman–Crippen LogP) is 2.73. The van der Waals surface area contributed by atoms with E-state index in [1.807, 2.05) is 0 Å². The van der Waals surface area contributed by atoms with Crippen LogP contribution in [-0.2, 0) is 6.54 Å². The second-order valence-corrected chi connectivity index (χ2v) is 5.71. The Bertz CT molecular complexity index is 761. The molecule has 0 fully saturated rings. The molecule has 9 heteroatoms. The first-order valence-electron chi connectivity index (χ1n) is 5.66. The minimum atomic E-state index is -0.514. The number of benzene rings is 1. The van der Waals surface area contributed by atoms with Gasteiger partial charge in [-0.15, -0.1) is 0 Å². The Balaban J connectivity index is 2.44. The zero-order valence-corrected chi connectivity index (χ0v) is 13.9. The lowest BCUT2D eigenvalue weighted by atomic mass is 10.2. The van der Waals surface area contributed by atoms with Crippen LogP contribution in [-0.4, -0.2) is 21.8 Å². The number of hydrogen-bond donors (Lipinski definition) is 0. The summed E-state index contributed by atoms with van der Waals surface area (Å²) in [6, 6.07) is 4.32. The maximum Gasteiger partial charge on any atom is 0.282 e. The minimum Gasteiger partial charge on any atom is -0.496 e. The van der Waals surface area contributed by atoms with Gasteiger partial charge in [-0.2, -0.15) is 5.10 Å². The number of nitro groups is 1. The van der Waals surface area contributed by atoms with Crippen LogP contribution in [0.2, 0.25) is 0 Å². The first-order valence-corrected chi connectivity index (χ1v) is 7.24. The van der Waals surface area contributed by atoms with Crippen LogP contribution < -0.4 is 10.3 Å². The van der Waals surface area contributed by atoms with Gasteiger partial charge in [-0.05, 0) is 43.5 Å². The van der Waals surface area contributed by atoms with Crippen molar-refractivity contribution in [3.05, 3.63) is 59.4 Å². The zero-order chi connectivity index (χ0) is 15.6. The molecule has 21 heavy (non-hydrogen) atoms. The van der Waals surface area contributed by atoms with Gasteiger partial charge in [0.2, 0.25) is 0 Å². The summed E-state index contributed by atoms with van der Waals surface area (Å²) in [6.45, 7) is 0.1000. The van der Waals surface area contributed by atoms with Gasteiger partial charge in [-0.3, -0.25) is 14.9 Å². The largest absolute Gasteiger partial charge is 0.496 e. The van der Waals surface area contributed by atoms with Crippen molar-refractivity contribution in [2.45, 2.75) is 6.54 Å². The average Bonchev–Trinajstić information content (AvgIpc) is 2.47. The summed E-state index contributed by atoms with van der Waals surface area (Å²) < 4.78 is 7.11.